The molecule has 1 amide bonds. The first-order chi connectivity index (χ1) is 8.17. The van der Waals surface area contributed by atoms with Crippen LogP contribution in [0.25, 0.3) is 10.8 Å². The first-order valence-electron chi connectivity index (χ1n) is 4.98. The Morgan fingerprint density at radius 1 is 1.24 bits per heavy atom. The molecule has 0 saturated heterocycles. The van der Waals surface area contributed by atoms with Crippen molar-refractivity contribution in [1.82, 2.24) is 4.98 Å². The third-order valence-electron chi connectivity index (χ3n) is 2.50. The van der Waals surface area contributed by atoms with Crippen LogP contribution in [0.1, 0.15) is 10.5 Å². The predicted octanol–water partition coefficient (Wildman–Crippen LogP) is 1.35. The minimum Gasteiger partial charge on any atom is -0.493 e. The Hall–Kier alpha value is -2.30. The number of pyridine rings is 1. The van der Waals surface area contributed by atoms with Gasteiger partial charge in [-0.05, 0) is 23.6 Å². The lowest BCUT2D eigenvalue weighted by Gasteiger charge is -2.10. The molecule has 2 N–H and O–H groups in total. The molecule has 17 heavy (non-hydrogen) atoms. The van der Waals surface area contributed by atoms with Crippen molar-refractivity contribution in [3.63, 3.8) is 0 Å². The second-order valence-electron chi connectivity index (χ2n) is 3.45. The maximum atomic E-state index is 11.3. The highest BCUT2D eigenvalue weighted by molar-refractivity contribution is 6.05. The molecule has 0 fully saturated rings. The van der Waals surface area contributed by atoms with E-state index in [1.807, 2.05) is 0 Å². The van der Waals surface area contributed by atoms with Gasteiger partial charge in [-0.25, -0.2) is 0 Å². The van der Waals surface area contributed by atoms with Crippen molar-refractivity contribution in [3.05, 3.63) is 30.1 Å². The first kappa shape index (κ1) is 11.2. The topological polar surface area (TPSA) is 74.4 Å². The number of nitrogens with zero attached hydrogens (tertiary/aromatic N) is 1. The maximum absolute atomic E-state index is 11.3. The van der Waals surface area contributed by atoms with Crippen molar-refractivity contribution in [2.24, 2.45) is 5.73 Å². The maximum Gasteiger partial charge on any atom is 0.267 e. The van der Waals surface area contributed by atoms with E-state index in [1.165, 1.54) is 13.3 Å². The highest BCUT2D eigenvalue weighted by atomic mass is 16.5. The van der Waals surface area contributed by atoms with E-state index in [2.05, 4.69) is 4.98 Å². The molecule has 0 saturated carbocycles. The van der Waals surface area contributed by atoms with Gasteiger partial charge in [-0.3, -0.25) is 9.78 Å². The number of amides is 1. The lowest BCUT2D eigenvalue weighted by Crippen LogP contribution is -2.13. The van der Waals surface area contributed by atoms with Crippen molar-refractivity contribution in [1.29, 1.82) is 0 Å². The van der Waals surface area contributed by atoms with E-state index >= 15 is 0 Å². The second-order valence-corrected chi connectivity index (χ2v) is 3.45. The summed E-state index contributed by atoms with van der Waals surface area (Å²) in [5, 5.41) is 1.48. The zero-order valence-electron chi connectivity index (χ0n) is 9.56. The van der Waals surface area contributed by atoms with E-state index in [1.54, 1.807) is 25.3 Å². The Morgan fingerprint density at radius 2 is 1.88 bits per heavy atom. The highest BCUT2D eigenvalue weighted by Crippen LogP contribution is 2.32. The Balaban J connectivity index is 2.78. The van der Waals surface area contributed by atoms with Crippen molar-refractivity contribution < 1.29 is 14.3 Å². The van der Waals surface area contributed by atoms with E-state index in [0.29, 0.717) is 16.9 Å². The molecule has 0 bridgehead atoms. The average molecular weight is 232 g/mol. The number of hydrogen-bond donors (Lipinski definition) is 1. The van der Waals surface area contributed by atoms with E-state index in [9.17, 15) is 4.79 Å². The van der Waals surface area contributed by atoms with Crippen LogP contribution in [-0.2, 0) is 0 Å². The molecule has 0 spiro atoms. The zero-order valence-corrected chi connectivity index (χ0v) is 9.56. The van der Waals surface area contributed by atoms with Crippen LogP contribution in [0.15, 0.2) is 24.4 Å². The fourth-order valence-corrected chi connectivity index (χ4v) is 1.70. The third-order valence-corrected chi connectivity index (χ3v) is 2.50. The number of rotatable bonds is 3. The third kappa shape index (κ3) is 1.87. The molecule has 0 atom stereocenters. The summed E-state index contributed by atoms with van der Waals surface area (Å²) in [6, 6.07) is 5.26. The van der Waals surface area contributed by atoms with Crippen LogP contribution >= 0.6 is 0 Å². The van der Waals surface area contributed by atoms with Crippen molar-refractivity contribution in [2.45, 2.75) is 0 Å². The van der Waals surface area contributed by atoms with Crippen molar-refractivity contribution in [2.75, 3.05) is 14.2 Å². The van der Waals surface area contributed by atoms with Crippen LogP contribution in [0.5, 0.6) is 11.5 Å². The van der Waals surface area contributed by atoms with Gasteiger partial charge in [0.05, 0.1) is 14.2 Å². The van der Waals surface area contributed by atoms with E-state index in [4.69, 9.17) is 15.2 Å². The second kappa shape index (κ2) is 4.29. The minimum atomic E-state index is -0.567. The molecule has 1 heterocycles. The quantitative estimate of drug-likeness (QED) is 0.866. The molecule has 2 aromatic rings. The molecule has 1 aromatic carbocycles. The van der Waals surface area contributed by atoms with Gasteiger partial charge < -0.3 is 15.2 Å². The van der Waals surface area contributed by atoms with Crippen LogP contribution in [0.3, 0.4) is 0 Å². The predicted molar refractivity (Wildman–Crippen MR) is 63.4 cm³/mol. The number of nitrogens with two attached hydrogens (primary N) is 1. The number of carbonyl (C=O) groups is 1. The fraction of sp³-hybridized carbons (Fsp3) is 0.167. The summed E-state index contributed by atoms with van der Waals surface area (Å²) in [4.78, 5) is 15.2. The van der Waals surface area contributed by atoms with Crippen LogP contribution in [-0.4, -0.2) is 25.1 Å². The van der Waals surface area contributed by atoms with Gasteiger partial charge in [-0.15, -0.1) is 0 Å². The van der Waals surface area contributed by atoms with E-state index < -0.39 is 5.91 Å². The summed E-state index contributed by atoms with van der Waals surface area (Å²) >= 11 is 0. The van der Waals surface area contributed by atoms with Crippen LogP contribution in [0, 0.1) is 0 Å². The standard InChI is InChI=1S/C12H12N2O3/c1-16-9-5-7-3-4-14-11(12(13)15)8(7)6-10(9)17-2/h3-6H,1-2H3,(H2,13,15). The smallest absolute Gasteiger partial charge is 0.267 e. The molecule has 0 radical (unpaired) electrons. The number of benzene rings is 1. The highest BCUT2D eigenvalue weighted by Gasteiger charge is 2.12. The monoisotopic (exact) mass is 232 g/mol. The summed E-state index contributed by atoms with van der Waals surface area (Å²) in [7, 11) is 3.09. The van der Waals surface area contributed by atoms with Crippen molar-refractivity contribution in [3.8, 4) is 11.5 Å². The lowest BCUT2D eigenvalue weighted by molar-refractivity contribution is 0.0997. The zero-order chi connectivity index (χ0) is 12.4. The molecule has 0 aliphatic carbocycles. The van der Waals surface area contributed by atoms with Gasteiger partial charge in [0.2, 0.25) is 0 Å². The van der Waals surface area contributed by atoms with Gasteiger partial charge in [-0.2, -0.15) is 0 Å². The van der Waals surface area contributed by atoms with Crippen LogP contribution < -0.4 is 15.2 Å². The molecule has 1 aromatic heterocycles. The van der Waals surface area contributed by atoms with Crippen LogP contribution in [0.4, 0.5) is 0 Å². The molecular weight excluding hydrogens is 220 g/mol. The molecule has 88 valence electrons. The molecule has 0 aliphatic rings. The number of methoxy groups -OCH3 is 2. The van der Waals surface area contributed by atoms with Gasteiger partial charge in [0.1, 0.15) is 5.69 Å². The Bertz CT molecular complexity index is 581. The SMILES string of the molecule is COc1cc2ccnc(C(N)=O)c2cc1OC. The number of hydrogen-bond acceptors (Lipinski definition) is 4. The Kier molecular flexibility index (Phi) is 2.82. The van der Waals surface area contributed by atoms with Gasteiger partial charge in [-0.1, -0.05) is 0 Å². The van der Waals surface area contributed by atoms with Gasteiger partial charge in [0.15, 0.2) is 11.5 Å². The average Bonchev–Trinajstić information content (AvgIpc) is 2.35. The molecule has 0 unspecified atom stereocenters. The Morgan fingerprint density at radius 3 is 2.47 bits per heavy atom. The molecule has 0 aliphatic heterocycles. The van der Waals surface area contributed by atoms with Gasteiger partial charge in [0.25, 0.3) is 5.91 Å². The summed E-state index contributed by atoms with van der Waals surface area (Å²) < 4.78 is 10.4. The lowest BCUT2D eigenvalue weighted by atomic mass is 10.1. The minimum absolute atomic E-state index is 0.225. The molecule has 2 rings (SSSR count). The van der Waals surface area contributed by atoms with Crippen LogP contribution in [0.2, 0.25) is 0 Å². The molecule has 5 nitrogen and oxygen atoms in total. The number of ether oxygens (including phenoxy) is 2. The van der Waals surface area contributed by atoms with Gasteiger partial charge in [0, 0.05) is 11.6 Å². The molecule has 5 heteroatoms. The summed E-state index contributed by atoms with van der Waals surface area (Å²) in [5.41, 5.74) is 5.49. The Labute approximate surface area is 98.2 Å². The largest absolute Gasteiger partial charge is 0.493 e. The number of primary amides is 1. The molecular formula is C12H12N2O3. The normalized spacial score (nSPS) is 10.2. The van der Waals surface area contributed by atoms with E-state index in [0.717, 1.165) is 5.39 Å². The summed E-state index contributed by atoms with van der Waals surface area (Å²) in [6.07, 6.45) is 1.54. The van der Waals surface area contributed by atoms with E-state index in [-0.39, 0.29) is 5.69 Å². The number of fused-ring (bicyclic) bond motifs is 1. The van der Waals surface area contributed by atoms with Crippen molar-refractivity contribution >= 4 is 16.7 Å². The summed E-state index contributed by atoms with van der Waals surface area (Å²) in [5.74, 6) is 0.569. The number of carbonyl (C=O) groups excluding carboxylic acids is 1. The van der Waals surface area contributed by atoms with Gasteiger partial charge >= 0.3 is 0 Å². The first-order valence-corrected chi connectivity index (χ1v) is 4.98. The number of aromatic nitrogens is 1. The summed E-state index contributed by atoms with van der Waals surface area (Å²) in [6.45, 7) is 0. The fourth-order valence-electron chi connectivity index (χ4n) is 1.70.